The third-order valence-corrected chi connectivity index (χ3v) is 2.70. The highest BCUT2D eigenvalue weighted by Crippen LogP contribution is 2.09. The van der Waals surface area contributed by atoms with Crippen LogP contribution >= 0.6 is 0 Å². The number of benzene rings is 1. The van der Waals surface area contributed by atoms with Gasteiger partial charge >= 0.3 is 0 Å². The van der Waals surface area contributed by atoms with E-state index in [1.165, 1.54) is 18.4 Å². The summed E-state index contributed by atoms with van der Waals surface area (Å²) < 4.78 is 4.88. The van der Waals surface area contributed by atoms with Gasteiger partial charge in [0, 0.05) is 7.11 Å². The highest BCUT2D eigenvalue weighted by atomic mass is 16.5. The van der Waals surface area contributed by atoms with Gasteiger partial charge in [-0.3, -0.25) is 0 Å². The molecule has 1 rings (SSSR count). The van der Waals surface area contributed by atoms with E-state index >= 15 is 0 Å². The molecular weight excluding hydrogens is 200 g/mol. The first-order valence-electron chi connectivity index (χ1n) is 6.04. The van der Waals surface area contributed by atoms with E-state index in [0.717, 1.165) is 19.3 Å². The van der Waals surface area contributed by atoms with Crippen LogP contribution < -0.4 is 0 Å². The van der Waals surface area contributed by atoms with Crippen LogP contribution in [0.1, 0.15) is 31.2 Å². The van der Waals surface area contributed by atoms with Crippen LogP contribution in [0.2, 0.25) is 0 Å². The molecule has 2 nitrogen and oxygen atoms in total. The van der Waals surface area contributed by atoms with Crippen molar-refractivity contribution in [3.8, 4) is 0 Å². The molecule has 2 heteroatoms. The van der Waals surface area contributed by atoms with Crippen LogP contribution in [0, 0.1) is 0 Å². The summed E-state index contributed by atoms with van der Waals surface area (Å²) in [4.78, 5) is 0. The van der Waals surface area contributed by atoms with E-state index in [2.05, 4.69) is 24.3 Å². The lowest BCUT2D eigenvalue weighted by atomic mass is 10.1. The second-order valence-corrected chi connectivity index (χ2v) is 4.19. The SMILES string of the molecule is COCC(O)CCCCCc1ccccc1. The first-order chi connectivity index (χ1) is 7.83. The predicted molar refractivity (Wildman–Crippen MR) is 66.5 cm³/mol. The average molecular weight is 222 g/mol. The quantitative estimate of drug-likeness (QED) is 0.685. The van der Waals surface area contributed by atoms with Gasteiger partial charge in [0.15, 0.2) is 0 Å². The molecule has 0 aliphatic heterocycles. The first-order valence-corrected chi connectivity index (χ1v) is 6.04. The summed E-state index contributed by atoms with van der Waals surface area (Å²) in [5.41, 5.74) is 1.40. The Kier molecular flexibility index (Phi) is 6.86. The average Bonchev–Trinajstić information content (AvgIpc) is 2.30. The number of methoxy groups -OCH3 is 1. The smallest absolute Gasteiger partial charge is 0.0773 e. The fourth-order valence-corrected chi connectivity index (χ4v) is 1.81. The van der Waals surface area contributed by atoms with Crippen molar-refractivity contribution in [1.29, 1.82) is 0 Å². The highest BCUT2D eigenvalue weighted by molar-refractivity contribution is 5.14. The van der Waals surface area contributed by atoms with Crippen molar-refractivity contribution in [3.05, 3.63) is 35.9 Å². The molecule has 90 valence electrons. The molecule has 0 saturated carbocycles. The Labute approximate surface area is 98.3 Å². The molecule has 0 heterocycles. The number of hydrogen-bond donors (Lipinski definition) is 1. The van der Waals surface area contributed by atoms with E-state index in [-0.39, 0.29) is 6.10 Å². The molecule has 0 saturated heterocycles. The molecular formula is C14H22O2. The van der Waals surface area contributed by atoms with Gasteiger partial charge in [0.2, 0.25) is 0 Å². The summed E-state index contributed by atoms with van der Waals surface area (Å²) in [6.07, 6.45) is 5.15. The lowest BCUT2D eigenvalue weighted by Crippen LogP contribution is -2.13. The van der Waals surface area contributed by atoms with Gasteiger partial charge in [-0.05, 0) is 24.8 Å². The Hall–Kier alpha value is -0.860. The lowest BCUT2D eigenvalue weighted by molar-refractivity contribution is 0.0576. The third-order valence-electron chi connectivity index (χ3n) is 2.70. The van der Waals surface area contributed by atoms with Crippen LogP contribution in [0.15, 0.2) is 30.3 Å². The van der Waals surface area contributed by atoms with Crippen LogP contribution in [-0.4, -0.2) is 24.9 Å². The van der Waals surface area contributed by atoms with Gasteiger partial charge in [-0.2, -0.15) is 0 Å². The zero-order chi connectivity index (χ0) is 11.6. The van der Waals surface area contributed by atoms with Gasteiger partial charge in [-0.1, -0.05) is 43.2 Å². The molecule has 1 aromatic carbocycles. The summed E-state index contributed by atoms with van der Waals surface area (Å²) in [5, 5.41) is 9.44. The van der Waals surface area contributed by atoms with Crippen LogP contribution in [0.25, 0.3) is 0 Å². The molecule has 1 N–H and O–H groups in total. The fraction of sp³-hybridized carbons (Fsp3) is 0.571. The number of rotatable bonds is 8. The second kappa shape index (κ2) is 8.31. The molecule has 0 aliphatic carbocycles. The normalized spacial score (nSPS) is 12.6. The van der Waals surface area contributed by atoms with E-state index < -0.39 is 0 Å². The number of aliphatic hydroxyl groups is 1. The van der Waals surface area contributed by atoms with Gasteiger partial charge in [-0.25, -0.2) is 0 Å². The standard InChI is InChI=1S/C14H22O2/c1-16-12-14(15)11-7-3-6-10-13-8-4-2-5-9-13/h2,4-5,8-9,14-15H,3,6-7,10-12H2,1H3. The zero-order valence-electron chi connectivity index (χ0n) is 10.1. The molecule has 0 amide bonds. The molecule has 0 radical (unpaired) electrons. The number of aliphatic hydroxyl groups excluding tert-OH is 1. The molecule has 0 fully saturated rings. The minimum absolute atomic E-state index is 0.290. The van der Waals surface area contributed by atoms with Crippen molar-refractivity contribution in [3.63, 3.8) is 0 Å². The van der Waals surface area contributed by atoms with Crippen LogP contribution in [0.5, 0.6) is 0 Å². The van der Waals surface area contributed by atoms with Crippen molar-refractivity contribution < 1.29 is 9.84 Å². The molecule has 0 aromatic heterocycles. The second-order valence-electron chi connectivity index (χ2n) is 4.19. The van der Waals surface area contributed by atoms with E-state index in [4.69, 9.17) is 4.74 Å². The molecule has 1 atom stereocenters. The Morgan fingerprint density at radius 2 is 1.88 bits per heavy atom. The summed E-state index contributed by atoms with van der Waals surface area (Å²) >= 11 is 0. The maximum absolute atomic E-state index is 9.44. The van der Waals surface area contributed by atoms with Gasteiger partial charge in [0.1, 0.15) is 0 Å². The van der Waals surface area contributed by atoms with E-state index in [0.29, 0.717) is 6.61 Å². The van der Waals surface area contributed by atoms with Crippen LogP contribution in [0.3, 0.4) is 0 Å². The molecule has 16 heavy (non-hydrogen) atoms. The van der Waals surface area contributed by atoms with Crippen molar-refractivity contribution in [1.82, 2.24) is 0 Å². The van der Waals surface area contributed by atoms with Gasteiger partial charge in [0.05, 0.1) is 12.7 Å². The largest absolute Gasteiger partial charge is 0.391 e. The van der Waals surface area contributed by atoms with Crippen molar-refractivity contribution in [2.75, 3.05) is 13.7 Å². The topological polar surface area (TPSA) is 29.5 Å². The Balaban J connectivity index is 2.00. The van der Waals surface area contributed by atoms with E-state index in [1.807, 2.05) is 6.07 Å². The minimum Gasteiger partial charge on any atom is -0.391 e. The van der Waals surface area contributed by atoms with Crippen LogP contribution in [0.4, 0.5) is 0 Å². The Morgan fingerprint density at radius 1 is 1.12 bits per heavy atom. The molecule has 0 aliphatic rings. The number of ether oxygens (including phenoxy) is 1. The van der Waals surface area contributed by atoms with E-state index in [1.54, 1.807) is 7.11 Å². The lowest BCUT2D eigenvalue weighted by Gasteiger charge is -2.08. The molecule has 1 aromatic rings. The minimum atomic E-state index is -0.290. The first kappa shape index (κ1) is 13.2. The summed E-state index contributed by atoms with van der Waals surface area (Å²) in [6, 6.07) is 10.5. The Morgan fingerprint density at radius 3 is 2.56 bits per heavy atom. The number of hydrogen-bond acceptors (Lipinski definition) is 2. The van der Waals surface area contributed by atoms with E-state index in [9.17, 15) is 5.11 Å². The molecule has 1 unspecified atom stereocenters. The van der Waals surface area contributed by atoms with Crippen molar-refractivity contribution in [2.24, 2.45) is 0 Å². The Bertz CT molecular complexity index is 259. The monoisotopic (exact) mass is 222 g/mol. The summed E-state index contributed by atoms with van der Waals surface area (Å²) in [6.45, 7) is 0.457. The van der Waals surface area contributed by atoms with Gasteiger partial charge < -0.3 is 9.84 Å². The maximum Gasteiger partial charge on any atom is 0.0773 e. The predicted octanol–water partition coefficient (Wildman–Crippen LogP) is 2.80. The zero-order valence-corrected chi connectivity index (χ0v) is 10.1. The highest BCUT2D eigenvalue weighted by Gasteiger charge is 2.02. The van der Waals surface area contributed by atoms with Crippen LogP contribution in [-0.2, 0) is 11.2 Å². The third kappa shape index (κ3) is 5.89. The summed E-state index contributed by atoms with van der Waals surface area (Å²) in [5.74, 6) is 0. The van der Waals surface area contributed by atoms with Gasteiger partial charge in [-0.15, -0.1) is 0 Å². The summed E-state index contributed by atoms with van der Waals surface area (Å²) in [7, 11) is 1.62. The fourth-order valence-electron chi connectivity index (χ4n) is 1.81. The van der Waals surface area contributed by atoms with Gasteiger partial charge in [0.25, 0.3) is 0 Å². The molecule has 0 bridgehead atoms. The maximum atomic E-state index is 9.44. The number of aryl methyl sites for hydroxylation is 1. The molecule has 0 spiro atoms. The van der Waals surface area contributed by atoms with Crippen molar-refractivity contribution in [2.45, 2.75) is 38.2 Å². The van der Waals surface area contributed by atoms with Crippen molar-refractivity contribution >= 4 is 0 Å². The number of unbranched alkanes of at least 4 members (excludes halogenated alkanes) is 2.